The van der Waals surface area contributed by atoms with Gasteiger partial charge < -0.3 is 9.47 Å². The van der Waals surface area contributed by atoms with Gasteiger partial charge in [-0.05, 0) is 5.56 Å². The Kier molecular flexibility index (Phi) is 3.72. The van der Waals surface area contributed by atoms with E-state index in [0.29, 0.717) is 19.6 Å². The van der Waals surface area contributed by atoms with Crippen LogP contribution in [0.4, 0.5) is 4.79 Å². The Bertz CT molecular complexity index is 404. The van der Waals surface area contributed by atoms with E-state index in [4.69, 9.17) is 9.47 Å². The number of benzene rings is 1. The summed E-state index contributed by atoms with van der Waals surface area (Å²) in [5, 5.41) is 2.07. The number of amides is 2. The van der Waals surface area contributed by atoms with Crippen LogP contribution < -0.4 is 5.32 Å². The monoisotopic (exact) mass is 235 g/mol. The second kappa shape index (κ2) is 5.45. The lowest BCUT2D eigenvalue weighted by atomic mass is 10.2. The molecule has 2 rings (SSSR count). The van der Waals surface area contributed by atoms with E-state index >= 15 is 0 Å². The van der Waals surface area contributed by atoms with Gasteiger partial charge in [-0.25, -0.2) is 4.79 Å². The summed E-state index contributed by atoms with van der Waals surface area (Å²) in [4.78, 5) is 21.9. The first kappa shape index (κ1) is 11.6. The van der Waals surface area contributed by atoms with Crippen molar-refractivity contribution in [2.45, 2.75) is 19.1 Å². The maximum absolute atomic E-state index is 11.1. The molecule has 0 aliphatic carbocycles. The number of hydrogen-bond acceptors (Lipinski definition) is 4. The number of ether oxygens (including phenoxy) is 2. The molecular weight excluding hydrogens is 222 g/mol. The van der Waals surface area contributed by atoms with Gasteiger partial charge in [-0.2, -0.15) is 0 Å². The van der Waals surface area contributed by atoms with Crippen LogP contribution in [0, 0.1) is 0 Å². The van der Waals surface area contributed by atoms with E-state index in [1.54, 1.807) is 0 Å². The quantitative estimate of drug-likeness (QED) is 0.779. The van der Waals surface area contributed by atoms with Crippen LogP contribution in [0.25, 0.3) is 0 Å². The molecule has 1 fully saturated rings. The molecule has 1 unspecified atom stereocenters. The minimum atomic E-state index is -0.710. The molecule has 1 aromatic carbocycles. The topological polar surface area (TPSA) is 64.6 Å². The van der Waals surface area contributed by atoms with Crippen molar-refractivity contribution >= 4 is 12.0 Å². The normalized spacial score (nSPS) is 18.9. The van der Waals surface area contributed by atoms with E-state index < -0.39 is 18.1 Å². The molecule has 90 valence electrons. The molecule has 1 saturated heterocycles. The Balaban J connectivity index is 1.67. The Labute approximate surface area is 98.7 Å². The second-order valence-corrected chi connectivity index (χ2v) is 3.71. The maximum Gasteiger partial charge on any atom is 0.414 e. The summed E-state index contributed by atoms with van der Waals surface area (Å²) in [6, 6.07) is 9.73. The van der Waals surface area contributed by atoms with Crippen LogP contribution in [0.15, 0.2) is 30.3 Å². The lowest BCUT2D eigenvalue weighted by molar-refractivity contribution is -0.124. The van der Waals surface area contributed by atoms with Gasteiger partial charge in [-0.1, -0.05) is 30.3 Å². The molecule has 0 radical (unpaired) electrons. The Morgan fingerprint density at radius 3 is 2.65 bits per heavy atom. The van der Waals surface area contributed by atoms with Crippen LogP contribution in [0.1, 0.15) is 12.0 Å². The van der Waals surface area contributed by atoms with Gasteiger partial charge in [0.1, 0.15) is 0 Å². The Hall–Kier alpha value is -1.88. The zero-order chi connectivity index (χ0) is 12.1. The van der Waals surface area contributed by atoms with Gasteiger partial charge in [0, 0.05) is 6.42 Å². The van der Waals surface area contributed by atoms with Gasteiger partial charge in [-0.3, -0.25) is 10.1 Å². The summed E-state index contributed by atoms with van der Waals surface area (Å²) < 4.78 is 10.1. The molecule has 1 heterocycles. The molecule has 0 bridgehead atoms. The highest BCUT2D eigenvalue weighted by Gasteiger charge is 2.31. The first-order chi connectivity index (χ1) is 8.25. The largest absolute Gasteiger partial charge is 0.436 e. The highest BCUT2D eigenvalue weighted by atomic mass is 16.6. The van der Waals surface area contributed by atoms with E-state index in [2.05, 4.69) is 5.32 Å². The lowest BCUT2D eigenvalue weighted by Crippen LogP contribution is -2.25. The van der Waals surface area contributed by atoms with Crippen molar-refractivity contribution in [3.8, 4) is 0 Å². The summed E-state index contributed by atoms with van der Waals surface area (Å²) in [5.74, 6) is -0.390. The third-order valence-electron chi connectivity index (χ3n) is 2.40. The van der Waals surface area contributed by atoms with Crippen LogP contribution >= 0.6 is 0 Å². The van der Waals surface area contributed by atoms with Crippen LogP contribution in [-0.4, -0.2) is 24.7 Å². The van der Waals surface area contributed by atoms with Crippen molar-refractivity contribution in [3.63, 3.8) is 0 Å². The van der Waals surface area contributed by atoms with E-state index in [9.17, 15) is 9.59 Å². The van der Waals surface area contributed by atoms with Gasteiger partial charge in [0.15, 0.2) is 6.10 Å². The van der Waals surface area contributed by atoms with Crippen molar-refractivity contribution in [2.75, 3.05) is 6.61 Å². The number of nitrogens with one attached hydrogen (secondary N) is 1. The molecular formula is C12H13NO4. The first-order valence-corrected chi connectivity index (χ1v) is 5.39. The van der Waals surface area contributed by atoms with E-state index in [1.807, 2.05) is 30.3 Å². The molecule has 1 N–H and O–H groups in total. The zero-order valence-corrected chi connectivity index (χ0v) is 9.22. The highest BCUT2D eigenvalue weighted by Crippen LogP contribution is 2.07. The molecule has 0 aromatic heterocycles. The molecule has 1 atom stereocenters. The number of carbonyl (C=O) groups is 2. The van der Waals surface area contributed by atoms with Gasteiger partial charge in [0.05, 0.1) is 13.2 Å². The minimum absolute atomic E-state index is 0.375. The predicted octanol–water partition coefficient (Wildman–Crippen LogP) is 1.23. The molecule has 1 aliphatic heterocycles. The van der Waals surface area contributed by atoms with Crippen molar-refractivity contribution in [1.29, 1.82) is 0 Å². The van der Waals surface area contributed by atoms with Crippen LogP contribution in [0.2, 0.25) is 0 Å². The van der Waals surface area contributed by atoms with Gasteiger partial charge in [0.2, 0.25) is 0 Å². The summed E-state index contributed by atoms with van der Waals surface area (Å²) >= 11 is 0. The molecule has 0 saturated carbocycles. The highest BCUT2D eigenvalue weighted by molar-refractivity contribution is 5.99. The standard InChI is InChI=1S/C12H13NO4/c14-11-10(17-12(15)13-11)6-7-16-8-9-4-2-1-3-5-9/h1-5,10H,6-8H2,(H,13,14,15). The molecule has 2 amide bonds. The average molecular weight is 235 g/mol. The molecule has 5 heteroatoms. The van der Waals surface area contributed by atoms with Crippen molar-refractivity contribution < 1.29 is 19.1 Å². The number of rotatable bonds is 5. The lowest BCUT2D eigenvalue weighted by Gasteiger charge is -2.07. The predicted molar refractivity (Wildman–Crippen MR) is 59.1 cm³/mol. The van der Waals surface area contributed by atoms with Crippen LogP contribution in [0.5, 0.6) is 0 Å². The summed E-state index contributed by atoms with van der Waals surface area (Å²) in [6.07, 6.45) is -1.01. The Morgan fingerprint density at radius 1 is 1.24 bits per heavy atom. The van der Waals surface area contributed by atoms with Gasteiger partial charge in [-0.15, -0.1) is 0 Å². The number of carbonyl (C=O) groups excluding carboxylic acids is 2. The number of imide groups is 1. The SMILES string of the molecule is O=C1NC(=O)C(CCOCc2ccccc2)O1. The molecule has 1 aromatic rings. The van der Waals surface area contributed by atoms with Crippen LogP contribution in [-0.2, 0) is 20.9 Å². The third kappa shape index (κ3) is 3.29. The number of alkyl carbamates (subject to hydrolysis) is 1. The second-order valence-electron chi connectivity index (χ2n) is 3.71. The van der Waals surface area contributed by atoms with Crippen molar-refractivity contribution in [2.24, 2.45) is 0 Å². The number of cyclic esters (lactones) is 1. The fourth-order valence-corrected chi connectivity index (χ4v) is 1.54. The molecule has 17 heavy (non-hydrogen) atoms. The average Bonchev–Trinajstić information content (AvgIpc) is 2.65. The minimum Gasteiger partial charge on any atom is -0.436 e. The van der Waals surface area contributed by atoms with Crippen LogP contribution in [0.3, 0.4) is 0 Å². The molecule has 1 aliphatic rings. The molecule has 5 nitrogen and oxygen atoms in total. The fourth-order valence-electron chi connectivity index (χ4n) is 1.54. The van der Waals surface area contributed by atoms with Crippen molar-refractivity contribution in [1.82, 2.24) is 5.32 Å². The summed E-state index contributed by atoms with van der Waals surface area (Å²) in [6.45, 7) is 0.864. The Morgan fingerprint density at radius 2 is 2.00 bits per heavy atom. The maximum atomic E-state index is 11.1. The van der Waals surface area contributed by atoms with Gasteiger partial charge in [0.25, 0.3) is 5.91 Å². The van der Waals surface area contributed by atoms with Gasteiger partial charge >= 0.3 is 6.09 Å². The molecule has 0 spiro atoms. The van der Waals surface area contributed by atoms with E-state index in [-0.39, 0.29) is 0 Å². The first-order valence-electron chi connectivity index (χ1n) is 5.39. The summed E-state index contributed by atoms with van der Waals surface area (Å²) in [7, 11) is 0. The number of hydrogen-bond donors (Lipinski definition) is 1. The van der Waals surface area contributed by atoms with E-state index in [1.165, 1.54) is 0 Å². The zero-order valence-electron chi connectivity index (χ0n) is 9.22. The summed E-state index contributed by atoms with van der Waals surface area (Å²) in [5.41, 5.74) is 1.07. The fraction of sp³-hybridized carbons (Fsp3) is 0.333. The van der Waals surface area contributed by atoms with Crippen molar-refractivity contribution in [3.05, 3.63) is 35.9 Å². The van der Waals surface area contributed by atoms with E-state index in [0.717, 1.165) is 5.56 Å². The smallest absolute Gasteiger partial charge is 0.414 e. The third-order valence-corrected chi connectivity index (χ3v) is 2.40.